The molecule has 1 unspecified atom stereocenters. The Balaban J connectivity index is 2.25. The van der Waals surface area contributed by atoms with Crippen molar-refractivity contribution in [3.8, 4) is 0 Å². The lowest BCUT2D eigenvalue weighted by molar-refractivity contribution is -0.153. The SMILES string of the molecule is CCCS(=O)(=O)c1ccc(S(=O)(=O)N2CCOC(C(=O)O)C2)cc1. The number of rotatable bonds is 6. The first kappa shape index (κ1) is 18.8. The Morgan fingerprint density at radius 1 is 1.21 bits per heavy atom. The Labute approximate surface area is 141 Å². The van der Waals surface area contributed by atoms with E-state index >= 15 is 0 Å². The minimum Gasteiger partial charge on any atom is -0.479 e. The van der Waals surface area contributed by atoms with Gasteiger partial charge in [0.05, 0.1) is 28.7 Å². The number of aliphatic carboxylic acids is 1. The van der Waals surface area contributed by atoms with Crippen LogP contribution in [0.25, 0.3) is 0 Å². The monoisotopic (exact) mass is 377 g/mol. The van der Waals surface area contributed by atoms with Gasteiger partial charge in [-0.2, -0.15) is 4.31 Å². The molecule has 134 valence electrons. The Bertz CT molecular complexity index is 800. The molecule has 0 spiro atoms. The smallest absolute Gasteiger partial charge is 0.334 e. The van der Waals surface area contributed by atoms with Crippen molar-refractivity contribution in [3.63, 3.8) is 0 Å². The lowest BCUT2D eigenvalue weighted by Gasteiger charge is -2.30. The molecule has 1 saturated heterocycles. The van der Waals surface area contributed by atoms with Crippen molar-refractivity contribution < 1.29 is 31.5 Å². The molecule has 1 aliphatic rings. The number of nitrogens with zero attached hydrogens (tertiary/aromatic N) is 1. The molecule has 1 heterocycles. The normalized spacial score (nSPS) is 20.0. The molecule has 1 aromatic carbocycles. The number of carbonyl (C=O) groups is 1. The third-order valence-electron chi connectivity index (χ3n) is 3.60. The summed E-state index contributed by atoms with van der Waals surface area (Å²) in [5.41, 5.74) is 0. The van der Waals surface area contributed by atoms with Crippen LogP contribution in [-0.2, 0) is 29.4 Å². The lowest BCUT2D eigenvalue weighted by atomic mass is 10.3. The highest BCUT2D eigenvalue weighted by atomic mass is 32.2. The minimum absolute atomic E-state index is 0.0111. The molecule has 1 N–H and O–H groups in total. The molecule has 0 amide bonds. The van der Waals surface area contributed by atoms with E-state index in [1.165, 1.54) is 24.3 Å². The summed E-state index contributed by atoms with van der Waals surface area (Å²) in [4.78, 5) is 11.0. The van der Waals surface area contributed by atoms with Crippen LogP contribution in [0.2, 0.25) is 0 Å². The van der Waals surface area contributed by atoms with E-state index in [9.17, 15) is 21.6 Å². The first-order chi connectivity index (χ1) is 11.2. The Kier molecular flexibility index (Phi) is 5.63. The standard InChI is InChI=1S/C14H19NO7S2/c1-2-9-23(18,19)11-3-5-12(6-4-11)24(20,21)15-7-8-22-13(10-15)14(16)17/h3-6,13H,2,7-10H2,1H3,(H,16,17). The largest absolute Gasteiger partial charge is 0.479 e. The van der Waals surface area contributed by atoms with Crippen molar-refractivity contribution in [2.75, 3.05) is 25.4 Å². The summed E-state index contributed by atoms with van der Waals surface area (Å²) in [6.07, 6.45) is -0.745. The van der Waals surface area contributed by atoms with Gasteiger partial charge in [0.2, 0.25) is 10.0 Å². The topological polar surface area (TPSA) is 118 Å². The van der Waals surface area contributed by atoms with Crippen molar-refractivity contribution in [1.29, 1.82) is 0 Å². The zero-order valence-corrected chi connectivity index (χ0v) is 14.7. The predicted octanol–water partition coefficient (Wildman–Crippen LogP) is 0.344. The minimum atomic E-state index is -3.91. The molecule has 1 atom stereocenters. The van der Waals surface area contributed by atoms with Crippen LogP contribution >= 0.6 is 0 Å². The number of sulfone groups is 1. The number of hydrogen-bond acceptors (Lipinski definition) is 6. The van der Waals surface area contributed by atoms with Crippen LogP contribution < -0.4 is 0 Å². The maximum Gasteiger partial charge on any atom is 0.334 e. The fraction of sp³-hybridized carbons (Fsp3) is 0.500. The molecule has 0 aliphatic carbocycles. The molecule has 0 bridgehead atoms. The van der Waals surface area contributed by atoms with E-state index in [2.05, 4.69) is 0 Å². The number of hydrogen-bond donors (Lipinski definition) is 1. The average Bonchev–Trinajstić information content (AvgIpc) is 2.55. The molecule has 0 radical (unpaired) electrons. The van der Waals surface area contributed by atoms with Crippen LogP contribution in [-0.4, -0.2) is 63.8 Å². The Hall–Kier alpha value is -1.49. The highest BCUT2D eigenvalue weighted by Gasteiger charge is 2.34. The van der Waals surface area contributed by atoms with Crippen LogP contribution in [0.3, 0.4) is 0 Å². The van der Waals surface area contributed by atoms with Crippen molar-refractivity contribution in [2.45, 2.75) is 29.2 Å². The molecule has 8 nitrogen and oxygen atoms in total. The lowest BCUT2D eigenvalue weighted by Crippen LogP contribution is -2.48. The maximum atomic E-state index is 12.6. The van der Waals surface area contributed by atoms with Crippen LogP contribution in [0.4, 0.5) is 0 Å². The van der Waals surface area contributed by atoms with Gasteiger partial charge >= 0.3 is 5.97 Å². The first-order valence-corrected chi connectivity index (χ1v) is 10.4. The first-order valence-electron chi connectivity index (χ1n) is 7.36. The summed E-state index contributed by atoms with van der Waals surface area (Å²) in [7, 11) is -7.33. The second kappa shape index (κ2) is 7.18. The van der Waals surface area contributed by atoms with Gasteiger partial charge in [-0.05, 0) is 30.7 Å². The third-order valence-corrected chi connectivity index (χ3v) is 7.41. The van der Waals surface area contributed by atoms with Crippen LogP contribution in [0.5, 0.6) is 0 Å². The summed E-state index contributed by atoms with van der Waals surface area (Å²) in [5.74, 6) is -1.24. The van der Waals surface area contributed by atoms with Gasteiger partial charge in [0.15, 0.2) is 15.9 Å². The quantitative estimate of drug-likeness (QED) is 0.759. The highest BCUT2D eigenvalue weighted by molar-refractivity contribution is 7.91. The molecule has 1 aliphatic heterocycles. The molecule has 1 aromatic rings. The molecular formula is C14H19NO7S2. The highest BCUT2D eigenvalue weighted by Crippen LogP contribution is 2.21. The van der Waals surface area contributed by atoms with E-state index in [0.29, 0.717) is 6.42 Å². The fourth-order valence-electron chi connectivity index (χ4n) is 2.35. The molecule has 1 fully saturated rings. The zero-order valence-electron chi connectivity index (χ0n) is 13.1. The van der Waals surface area contributed by atoms with Gasteiger partial charge in [0.1, 0.15) is 0 Å². The van der Waals surface area contributed by atoms with Gasteiger partial charge in [-0.15, -0.1) is 0 Å². The summed E-state index contributed by atoms with van der Waals surface area (Å²) in [6, 6.07) is 4.96. The fourth-order valence-corrected chi connectivity index (χ4v) is 5.10. The van der Waals surface area contributed by atoms with Crippen LogP contribution in [0.15, 0.2) is 34.1 Å². The predicted molar refractivity (Wildman–Crippen MR) is 84.9 cm³/mol. The summed E-state index contributed by atoms with van der Waals surface area (Å²) >= 11 is 0. The van der Waals surface area contributed by atoms with Crippen LogP contribution in [0, 0.1) is 0 Å². The molecule has 0 aromatic heterocycles. The summed E-state index contributed by atoms with van der Waals surface area (Å²) < 4.78 is 55.1. The second-order valence-electron chi connectivity index (χ2n) is 5.35. The van der Waals surface area contributed by atoms with E-state index in [1.807, 2.05) is 0 Å². The van der Waals surface area contributed by atoms with E-state index in [1.54, 1.807) is 6.92 Å². The third kappa shape index (κ3) is 3.94. The van der Waals surface area contributed by atoms with Crippen molar-refractivity contribution in [1.82, 2.24) is 4.31 Å². The van der Waals surface area contributed by atoms with Gasteiger partial charge in [-0.3, -0.25) is 0 Å². The van der Waals surface area contributed by atoms with Crippen molar-refractivity contribution in [3.05, 3.63) is 24.3 Å². The number of morpholine rings is 1. The molecule has 10 heteroatoms. The zero-order chi connectivity index (χ0) is 18.0. The van der Waals surface area contributed by atoms with Gasteiger partial charge < -0.3 is 9.84 Å². The number of carboxylic acid groups (broad SMARTS) is 1. The van der Waals surface area contributed by atoms with Gasteiger partial charge in [0, 0.05) is 6.54 Å². The van der Waals surface area contributed by atoms with Crippen LogP contribution in [0.1, 0.15) is 13.3 Å². The summed E-state index contributed by atoms with van der Waals surface area (Å²) in [5, 5.41) is 8.96. The van der Waals surface area contributed by atoms with Crippen molar-refractivity contribution >= 4 is 25.8 Å². The van der Waals surface area contributed by atoms with E-state index in [0.717, 1.165) is 4.31 Å². The number of ether oxygens (including phenoxy) is 1. The van der Waals surface area contributed by atoms with Gasteiger partial charge in [0.25, 0.3) is 0 Å². The van der Waals surface area contributed by atoms with E-state index < -0.39 is 31.9 Å². The Morgan fingerprint density at radius 3 is 2.33 bits per heavy atom. The molecular weight excluding hydrogens is 358 g/mol. The van der Waals surface area contributed by atoms with Crippen molar-refractivity contribution in [2.24, 2.45) is 0 Å². The van der Waals surface area contributed by atoms with E-state index in [-0.39, 0.29) is 35.2 Å². The van der Waals surface area contributed by atoms with Gasteiger partial charge in [-0.1, -0.05) is 6.92 Å². The summed E-state index contributed by atoms with van der Waals surface area (Å²) in [6.45, 7) is 1.49. The molecule has 0 saturated carbocycles. The number of sulfonamides is 1. The molecule has 2 rings (SSSR count). The number of benzene rings is 1. The van der Waals surface area contributed by atoms with Gasteiger partial charge in [-0.25, -0.2) is 21.6 Å². The second-order valence-corrected chi connectivity index (χ2v) is 9.40. The molecule has 24 heavy (non-hydrogen) atoms. The number of carboxylic acids is 1. The maximum absolute atomic E-state index is 12.6. The van der Waals surface area contributed by atoms with E-state index in [4.69, 9.17) is 9.84 Å². The average molecular weight is 377 g/mol. The Morgan fingerprint density at radius 2 is 1.79 bits per heavy atom.